The van der Waals surface area contributed by atoms with Crippen LogP contribution in [0.15, 0.2) is 48.5 Å². The Hall–Kier alpha value is -1.93. The van der Waals surface area contributed by atoms with E-state index in [-0.39, 0.29) is 11.5 Å². The molecule has 0 fully saturated rings. The van der Waals surface area contributed by atoms with Gasteiger partial charge in [0.25, 0.3) is 0 Å². The third-order valence-electron chi connectivity index (χ3n) is 2.35. The van der Waals surface area contributed by atoms with Crippen molar-refractivity contribution in [3.05, 3.63) is 59.7 Å². The predicted molar refractivity (Wildman–Crippen MR) is 69.9 cm³/mol. The highest BCUT2D eigenvalue weighted by Crippen LogP contribution is 2.28. The molecule has 0 bridgehead atoms. The molecular formula is C14H11ClO2. The summed E-state index contributed by atoms with van der Waals surface area (Å²) in [5, 5.41) is 19.3. The molecule has 0 saturated carbocycles. The quantitative estimate of drug-likeness (QED) is 0.791. The average Bonchev–Trinajstić information content (AvgIpc) is 2.34. The highest BCUT2D eigenvalue weighted by Gasteiger charge is 2.02. The first-order valence-corrected chi connectivity index (χ1v) is 5.49. The van der Waals surface area contributed by atoms with Gasteiger partial charge in [-0.15, -0.1) is 0 Å². The fraction of sp³-hybridized carbons (Fsp3) is 0. The van der Waals surface area contributed by atoms with Crippen LogP contribution in [0.3, 0.4) is 0 Å². The van der Waals surface area contributed by atoms with Crippen molar-refractivity contribution >= 4 is 22.7 Å². The molecule has 2 aromatic rings. The van der Waals surface area contributed by atoms with E-state index in [2.05, 4.69) is 0 Å². The predicted octanol–water partition coefficient (Wildman–Crippen LogP) is 3.83. The van der Waals surface area contributed by atoms with Crippen LogP contribution in [0.25, 0.3) is 11.1 Å². The highest BCUT2D eigenvalue weighted by molar-refractivity contribution is 6.51. The summed E-state index contributed by atoms with van der Waals surface area (Å²) in [5.41, 5.74) is 1.44. The Morgan fingerprint density at radius 3 is 2.35 bits per heavy atom. The van der Waals surface area contributed by atoms with Gasteiger partial charge >= 0.3 is 0 Å². The van der Waals surface area contributed by atoms with Gasteiger partial charge in [0, 0.05) is 16.7 Å². The summed E-state index contributed by atoms with van der Waals surface area (Å²) < 4.78 is 0. The molecule has 0 saturated heterocycles. The molecule has 3 heteroatoms. The maximum absolute atomic E-state index is 9.62. The standard InChI is InChI=1S/C14H11ClO2/c15-13(10-4-2-1-3-5-10)8-11-6-7-12(16)9-14(11)17/h1-9,16-17H/b13-8-. The van der Waals surface area contributed by atoms with Crippen molar-refractivity contribution in [1.82, 2.24) is 0 Å². The molecule has 0 aliphatic heterocycles. The van der Waals surface area contributed by atoms with E-state index in [9.17, 15) is 10.2 Å². The molecule has 0 spiro atoms. The van der Waals surface area contributed by atoms with E-state index in [1.165, 1.54) is 12.1 Å². The van der Waals surface area contributed by atoms with E-state index in [0.29, 0.717) is 10.6 Å². The Balaban J connectivity index is 2.36. The minimum Gasteiger partial charge on any atom is -0.508 e. The van der Waals surface area contributed by atoms with Gasteiger partial charge in [-0.2, -0.15) is 0 Å². The van der Waals surface area contributed by atoms with Crippen LogP contribution in [-0.4, -0.2) is 10.2 Å². The van der Waals surface area contributed by atoms with Crippen LogP contribution in [0, 0.1) is 0 Å². The summed E-state index contributed by atoms with van der Waals surface area (Å²) in [7, 11) is 0. The molecule has 0 aromatic heterocycles. The summed E-state index contributed by atoms with van der Waals surface area (Å²) >= 11 is 6.14. The molecule has 86 valence electrons. The van der Waals surface area contributed by atoms with Crippen molar-refractivity contribution < 1.29 is 10.2 Å². The highest BCUT2D eigenvalue weighted by atomic mass is 35.5. The molecule has 0 amide bonds. The van der Waals surface area contributed by atoms with Crippen LogP contribution in [0.4, 0.5) is 0 Å². The Kier molecular flexibility index (Phi) is 3.35. The first-order valence-electron chi connectivity index (χ1n) is 5.11. The van der Waals surface area contributed by atoms with Gasteiger partial charge in [-0.25, -0.2) is 0 Å². The first-order chi connectivity index (χ1) is 8.16. The topological polar surface area (TPSA) is 40.5 Å². The lowest BCUT2D eigenvalue weighted by molar-refractivity contribution is 0.450. The normalized spacial score (nSPS) is 11.5. The van der Waals surface area contributed by atoms with Crippen LogP contribution >= 0.6 is 11.6 Å². The number of aromatic hydroxyl groups is 2. The van der Waals surface area contributed by atoms with E-state index in [1.54, 1.807) is 12.1 Å². The van der Waals surface area contributed by atoms with Crippen molar-refractivity contribution in [2.75, 3.05) is 0 Å². The largest absolute Gasteiger partial charge is 0.508 e. The zero-order valence-electron chi connectivity index (χ0n) is 8.97. The van der Waals surface area contributed by atoms with Gasteiger partial charge in [-0.1, -0.05) is 41.9 Å². The number of hydrogen-bond acceptors (Lipinski definition) is 2. The Morgan fingerprint density at radius 1 is 1.00 bits per heavy atom. The SMILES string of the molecule is Oc1ccc(/C=C(\Cl)c2ccccc2)c(O)c1. The number of phenolic OH excluding ortho intramolecular Hbond substituents is 2. The number of rotatable bonds is 2. The Morgan fingerprint density at radius 2 is 1.71 bits per heavy atom. The molecule has 0 aliphatic carbocycles. The lowest BCUT2D eigenvalue weighted by atomic mass is 10.1. The molecule has 2 nitrogen and oxygen atoms in total. The number of phenols is 2. The van der Waals surface area contributed by atoms with E-state index >= 15 is 0 Å². The van der Waals surface area contributed by atoms with E-state index in [0.717, 1.165) is 5.56 Å². The van der Waals surface area contributed by atoms with Crippen molar-refractivity contribution in [3.8, 4) is 11.5 Å². The third kappa shape index (κ3) is 2.80. The molecule has 2 N–H and O–H groups in total. The molecular weight excluding hydrogens is 236 g/mol. The van der Waals surface area contributed by atoms with Gasteiger partial charge in [0.05, 0.1) is 0 Å². The Labute approximate surface area is 104 Å². The zero-order valence-corrected chi connectivity index (χ0v) is 9.72. The third-order valence-corrected chi connectivity index (χ3v) is 2.67. The second-order valence-corrected chi connectivity index (χ2v) is 4.01. The Bertz CT molecular complexity index is 547. The van der Waals surface area contributed by atoms with Crippen LogP contribution in [0.2, 0.25) is 0 Å². The fourth-order valence-electron chi connectivity index (χ4n) is 1.47. The molecule has 0 atom stereocenters. The van der Waals surface area contributed by atoms with Crippen LogP contribution in [-0.2, 0) is 0 Å². The van der Waals surface area contributed by atoms with Gasteiger partial charge in [0.2, 0.25) is 0 Å². The van der Waals surface area contributed by atoms with Crippen molar-refractivity contribution in [1.29, 1.82) is 0 Å². The molecule has 0 radical (unpaired) electrons. The van der Waals surface area contributed by atoms with Crippen LogP contribution < -0.4 is 0 Å². The maximum Gasteiger partial charge on any atom is 0.126 e. The molecule has 0 unspecified atom stereocenters. The lowest BCUT2D eigenvalue weighted by Crippen LogP contribution is -1.78. The van der Waals surface area contributed by atoms with Crippen LogP contribution in [0.5, 0.6) is 11.5 Å². The van der Waals surface area contributed by atoms with Gasteiger partial charge in [0.15, 0.2) is 0 Å². The number of hydrogen-bond donors (Lipinski definition) is 2. The van der Waals surface area contributed by atoms with Crippen LogP contribution in [0.1, 0.15) is 11.1 Å². The first kappa shape index (κ1) is 11.6. The monoisotopic (exact) mass is 246 g/mol. The molecule has 0 aliphatic rings. The van der Waals surface area contributed by atoms with Crippen molar-refractivity contribution in [2.45, 2.75) is 0 Å². The summed E-state index contributed by atoms with van der Waals surface area (Å²) in [4.78, 5) is 0. The fourth-order valence-corrected chi connectivity index (χ4v) is 1.71. The molecule has 0 heterocycles. The van der Waals surface area contributed by atoms with E-state index < -0.39 is 0 Å². The second kappa shape index (κ2) is 4.93. The van der Waals surface area contributed by atoms with Gasteiger partial charge in [-0.3, -0.25) is 0 Å². The lowest BCUT2D eigenvalue weighted by Gasteiger charge is -2.02. The van der Waals surface area contributed by atoms with Crippen molar-refractivity contribution in [3.63, 3.8) is 0 Å². The van der Waals surface area contributed by atoms with E-state index in [4.69, 9.17) is 11.6 Å². The average molecular weight is 247 g/mol. The minimum atomic E-state index is -0.000851. The van der Waals surface area contributed by atoms with Gasteiger partial charge in [-0.05, 0) is 23.8 Å². The van der Waals surface area contributed by atoms with Gasteiger partial charge in [0.1, 0.15) is 11.5 Å². The smallest absolute Gasteiger partial charge is 0.126 e. The number of halogens is 1. The van der Waals surface area contributed by atoms with Gasteiger partial charge < -0.3 is 10.2 Å². The maximum atomic E-state index is 9.62. The number of benzene rings is 2. The zero-order chi connectivity index (χ0) is 12.3. The summed E-state index contributed by atoms with van der Waals surface area (Å²) in [6, 6.07) is 13.8. The summed E-state index contributed by atoms with van der Waals surface area (Å²) in [6.45, 7) is 0. The summed E-state index contributed by atoms with van der Waals surface area (Å²) in [6.07, 6.45) is 1.66. The molecule has 2 aromatic carbocycles. The van der Waals surface area contributed by atoms with Crippen molar-refractivity contribution in [2.24, 2.45) is 0 Å². The minimum absolute atomic E-state index is 0.000851. The second-order valence-electron chi connectivity index (χ2n) is 3.60. The summed E-state index contributed by atoms with van der Waals surface area (Å²) in [5.74, 6) is 0.0227. The molecule has 17 heavy (non-hydrogen) atoms. The van der Waals surface area contributed by atoms with E-state index in [1.807, 2.05) is 30.3 Å². The molecule has 2 rings (SSSR count).